The van der Waals surface area contributed by atoms with Crippen LogP contribution in [-0.2, 0) is 29.2 Å². The van der Waals surface area contributed by atoms with Crippen molar-refractivity contribution in [1.82, 2.24) is 9.78 Å². The summed E-state index contributed by atoms with van der Waals surface area (Å²) >= 11 is 12.4. The van der Waals surface area contributed by atoms with Crippen molar-refractivity contribution in [2.45, 2.75) is 25.2 Å². The molecule has 1 unspecified atom stereocenters. The number of hydrogen-bond acceptors (Lipinski definition) is 3. The van der Waals surface area contributed by atoms with Gasteiger partial charge in [-0.2, -0.15) is 18.3 Å². The molecule has 4 nitrogen and oxygen atoms in total. The van der Waals surface area contributed by atoms with Gasteiger partial charge >= 0.3 is 12.1 Å². The molecule has 0 spiro atoms. The second kappa shape index (κ2) is 8.37. The first-order chi connectivity index (χ1) is 13.2. The molecule has 1 aromatic carbocycles. The lowest BCUT2D eigenvalue weighted by Gasteiger charge is -2.24. The van der Waals surface area contributed by atoms with Crippen LogP contribution in [0.3, 0.4) is 0 Å². The van der Waals surface area contributed by atoms with Crippen molar-refractivity contribution in [3.05, 3.63) is 39.0 Å². The summed E-state index contributed by atoms with van der Waals surface area (Å²) in [6.45, 7) is 3.62. The predicted octanol–water partition coefficient (Wildman–Crippen LogP) is 5.51. The zero-order chi connectivity index (χ0) is 22.3. The molecule has 2 aromatic rings. The van der Waals surface area contributed by atoms with Crippen LogP contribution < -0.4 is 0 Å². The van der Waals surface area contributed by atoms with Crippen LogP contribution in [-0.4, -0.2) is 48.1 Å². The third-order valence-corrected chi connectivity index (χ3v) is 7.43. The lowest BCUT2D eigenvalue weighted by atomic mass is 9.99. The third kappa shape index (κ3) is 5.01. The van der Waals surface area contributed by atoms with Crippen LogP contribution in [0, 0.1) is 6.92 Å². The molecule has 0 saturated heterocycles. The Hall–Kier alpha value is -1.43. The van der Waals surface area contributed by atoms with Crippen LogP contribution in [0.5, 0.6) is 0 Å². The summed E-state index contributed by atoms with van der Waals surface area (Å²) < 4.78 is 45.5. The summed E-state index contributed by atoms with van der Waals surface area (Å²) in [5.74, 6) is -0.397. The molecule has 0 fully saturated rings. The fraction of sp³-hybridized carbons (Fsp3) is 0.421. The number of aromatic nitrogens is 2. The molecule has 1 aromatic heterocycles. The Labute approximate surface area is 177 Å². The van der Waals surface area contributed by atoms with Gasteiger partial charge in [-0.1, -0.05) is 23.2 Å². The highest BCUT2D eigenvalue weighted by molar-refractivity contribution is 7.73. The molecule has 0 aliphatic heterocycles. The lowest BCUT2D eigenvalue weighted by molar-refractivity contribution is -0.143. The van der Waals surface area contributed by atoms with Crippen LogP contribution in [0.25, 0.3) is 11.3 Å². The first-order valence-electron chi connectivity index (χ1n) is 8.53. The average Bonchev–Trinajstić information content (AvgIpc) is 2.86. The second-order valence-corrected chi connectivity index (χ2v) is 12.4. The van der Waals surface area contributed by atoms with E-state index >= 15 is 0 Å². The Balaban J connectivity index is 2.62. The minimum atomic E-state index is -4.64. The van der Waals surface area contributed by atoms with E-state index in [1.807, 2.05) is 13.3 Å². The summed E-state index contributed by atoms with van der Waals surface area (Å²) in [5, 5.41) is 3.90. The number of rotatable bonds is 5. The van der Waals surface area contributed by atoms with Gasteiger partial charge in [0.05, 0.1) is 17.8 Å². The first kappa shape index (κ1) is 23.8. The van der Waals surface area contributed by atoms with E-state index in [2.05, 4.69) is 11.4 Å². The van der Waals surface area contributed by atoms with Crippen LogP contribution in [0.1, 0.15) is 16.8 Å². The molecule has 160 valence electrons. The van der Waals surface area contributed by atoms with E-state index in [1.165, 1.54) is 14.2 Å². The molecule has 0 aliphatic rings. The number of esters is 1. The number of hydrogen-bond donors (Lipinski definition) is 0. The van der Waals surface area contributed by atoms with Gasteiger partial charge in [0.25, 0.3) is 0 Å². The topological polar surface area (TPSA) is 44.1 Å². The van der Waals surface area contributed by atoms with Gasteiger partial charge in [0.1, 0.15) is 5.69 Å². The lowest BCUT2D eigenvalue weighted by Crippen LogP contribution is -2.25. The molecule has 1 heterocycles. The molecule has 10 heteroatoms. The van der Waals surface area contributed by atoms with E-state index in [1.54, 1.807) is 19.1 Å². The van der Waals surface area contributed by atoms with Gasteiger partial charge in [-0.25, -0.2) is 0 Å². The minimum Gasteiger partial charge on any atom is -0.469 e. The van der Waals surface area contributed by atoms with Gasteiger partial charge in [0.15, 0.2) is 5.69 Å². The average molecular weight is 469 g/mol. The highest BCUT2D eigenvalue weighted by atomic mass is 35.5. The monoisotopic (exact) mass is 468 g/mol. The van der Waals surface area contributed by atoms with Crippen LogP contribution in [0.4, 0.5) is 13.2 Å². The quantitative estimate of drug-likeness (QED) is 0.428. The predicted molar refractivity (Wildman–Crippen MR) is 114 cm³/mol. The summed E-state index contributed by atoms with van der Waals surface area (Å²) in [6, 6.07) is 3.27. The zero-order valence-corrected chi connectivity index (χ0v) is 19.1. The number of carbonyl (C=O) groups excluding carboxylic acids is 1. The van der Waals surface area contributed by atoms with Crippen molar-refractivity contribution < 1.29 is 22.7 Å². The standard InChI is InChI=1S/C19H22Cl2F3N2O2P/c1-10-7-13(20)11(9-14(18(27)28-3)29(4,5)6)8-12(10)16-15(21)17(19(22,23)24)26(2)25-16/h7-8,14H,4,9H2,1-3,5-6H3. The Morgan fingerprint density at radius 2 is 1.93 bits per heavy atom. The van der Waals surface area contributed by atoms with Crippen molar-refractivity contribution in [2.24, 2.45) is 7.05 Å². The molecule has 29 heavy (non-hydrogen) atoms. The molecule has 0 saturated carbocycles. The number of ether oxygens (including phenoxy) is 1. The van der Waals surface area contributed by atoms with Crippen molar-refractivity contribution in [1.29, 1.82) is 0 Å². The first-order valence-corrected chi connectivity index (χ1v) is 12.2. The smallest absolute Gasteiger partial charge is 0.434 e. The van der Waals surface area contributed by atoms with Gasteiger partial charge < -0.3 is 4.74 Å². The largest absolute Gasteiger partial charge is 0.469 e. The number of benzene rings is 1. The maximum absolute atomic E-state index is 13.3. The van der Waals surface area contributed by atoms with Crippen molar-refractivity contribution in [2.75, 3.05) is 20.4 Å². The number of methoxy groups -OCH3 is 1. The normalized spacial score (nSPS) is 13.4. The van der Waals surface area contributed by atoms with Crippen molar-refractivity contribution in [3.8, 4) is 11.3 Å². The SMILES string of the molecule is C=P(C)(C)C(Cc1cc(-c2nn(C)c(C(F)(F)F)c2Cl)c(C)cc1Cl)C(=O)OC. The van der Waals surface area contributed by atoms with Crippen LogP contribution in [0.2, 0.25) is 10.0 Å². The zero-order valence-electron chi connectivity index (χ0n) is 16.7. The number of nitrogens with zero attached hydrogens (tertiary/aromatic N) is 2. The summed E-state index contributed by atoms with van der Waals surface area (Å²) in [7, 11) is 2.49. The minimum absolute atomic E-state index is 0.00945. The van der Waals surface area contributed by atoms with Crippen molar-refractivity contribution >= 4 is 42.4 Å². The number of alkyl halides is 3. The summed E-state index contributed by atoms with van der Waals surface area (Å²) in [6.07, 6.45) is -0.265. The van der Waals surface area contributed by atoms with Crippen LogP contribution in [0.15, 0.2) is 12.1 Å². The highest BCUT2D eigenvalue weighted by Crippen LogP contribution is 2.46. The van der Waals surface area contributed by atoms with Gasteiger partial charge in [-0.3, -0.25) is 9.48 Å². The Kier molecular flexibility index (Phi) is 6.88. The Morgan fingerprint density at radius 1 is 1.34 bits per heavy atom. The van der Waals surface area contributed by atoms with E-state index in [4.69, 9.17) is 27.9 Å². The maximum Gasteiger partial charge on any atom is 0.434 e. The van der Waals surface area contributed by atoms with Gasteiger partial charge in [-0.15, -0.1) is 13.2 Å². The molecule has 2 rings (SSSR count). The molecule has 0 aliphatic carbocycles. The molecular weight excluding hydrogens is 447 g/mol. The molecule has 0 radical (unpaired) electrons. The van der Waals surface area contributed by atoms with E-state index in [9.17, 15) is 18.0 Å². The fourth-order valence-electron chi connectivity index (χ4n) is 3.07. The number of aryl methyl sites for hydroxylation is 2. The fourth-order valence-corrected chi connectivity index (χ4v) is 5.10. The Bertz CT molecular complexity index is 996. The maximum atomic E-state index is 13.3. The van der Waals surface area contributed by atoms with E-state index in [-0.39, 0.29) is 12.1 Å². The van der Waals surface area contributed by atoms with Crippen LogP contribution >= 0.6 is 30.1 Å². The Morgan fingerprint density at radius 3 is 2.38 bits per heavy atom. The molecule has 0 amide bonds. The van der Waals surface area contributed by atoms with Gasteiger partial charge in [-0.05, 0) is 49.9 Å². The number of carbonyl (C=O) groups is 1. The molecular formula is C19H22Cl2F3N2O2P. The molecule has 0 N–H and O–H groups in total. The van der Waals surface area contributed by atoms with Gasteiger partial charge in [0.2, 0.25) is 0 Å². The highest BCUT2D eigenvalue weighted by Gasteiger charge is 2.39. The van der Waals surface area contributed by atoms with E-state index in [0.717, 1.165) is 0 Å². The molecule has 1 atom stereocenters. The third-order valence-electron chi connectivity index (χ3n) is 4.64. The summed E-state index contributed by atoms with van der Waals surface area (Å²) in [5.41, 5.74) is 0.118. The second-order valence-electron chi connectivity index (χ2n) is 7.41. The van der Waals surface area contributed by atoms with Crippen molar-refractivity contribution in [3.63, 3.8) is 0 Å². The van der Waals surface area contributed by atoms with Gasteiger partial charge in [0, 0.05) is 17.6 Å². The van der Waals surface area contributed by atoms with E-state index < -0.39 is 35.4 Å². The molecule has 0 bridgehead atoms. The van der Waals surface area contributed by atoms with E-state index in [0.29, 0.717) is 26.4 Å². The number of halogens is 5. The summed E-state index contributed by atoms with van der Waals surface area (Å²) in [4.78, 5) is 12.3.